The topological polar surface area (TPSA) is 76.0 Å². The summed E-state index contributed by atoms with van der Waals surface area (Å²) in [6.07, 6.45) is 3.73. The van der Waals surface area contributed by atoms with Crippen LogP contribution in [0.25, 0.3) is 0 Å². The van der Waals surface area contributed by atoms with Gasteiger partial charge in [0.2, 0.25) is 0 Å². The fraction of sp³-hybridized carbons (Fsp3) is 0.667. The van der Waals surface area contributed by atoms with Gasteiger partial charge in [-0.3, -0.25) is 9.59 Å². The Bertz CT molecular complexity index is 534. The average molecular weight is 292 g/mol. The van der Waals surface area contributed by atoms with Gasteiger partial charge in [0.25, 0.3) is 11.8 Å². The molecule has 2 heterocycles. The molecular weight excluding hydrogens is 268 g/mol. The predicted molar refractivity (Wildman–Crippen MR) is 80.4 cm³/mol. The maximum Gasteiger partial charge on any atom is 0.287 e. The Kier molecular flexibility index (Phi) is 4.98. The number of hydrogen-bond acceptors (Lipinski definition) is 3. The highest BCUT2D eigenvalue weighted by Crippen LogP contribution is 2.21. The second-order valence-corrected chi connectivity index (χ2v) is 5.72. The van der Waals surface area contributed by atoms with E-state index in [1.165, 1.54) is 0 Å². The van der Waals surface area contributed by atoms with Crippen LogP contribution in [-0.4, -0.2) is 34.0 Å². The van der Waals surface area contributed by atoms with Gasteiger partial charge in [0.15, 0.2) is 5.82 Å². The quantitative estimate of drug-likeness (QED) is 0.863. The zero-order chi connectivity index (χ0) is 15.4. The summed E-state index contributed by atoms with van der Waals surface area (Å²) in [5, 5.41) is 5.70. The number of carbonyl (C=O) groups is 2. The summed E-state index contributed by atoms with van der Waals surface area (Å²) in [7, 11) is 0. The van der Waals surface area contributed by atoms with Crippen molar-refractivity contribution in [3.63, 3.8) is 0 Å². The van der Waals surface area contributed by atoms with E-state index in [-0.39, 0.29) is 17.9 Å². The molecule has 0 atom stereocenters. The summed E-state index contributed by atoms with van der Waals surface area (Å²) in [5.74, 6) is -0.0196. The van der Waals surface area contributed by atoms with Crippen LogP contribution in [0.4, 0.5) is 0 Å². The third-order valence-corrected chi connectivity index (χ3v) is 3.49. The first-order chi connectivity index (χ1) is 10.0. The highest BCUT2D eigenvalue weighted by Gasteiger charge is 2.27. The molecule has 0 saturated carbocycles. The Balaban J connectivity index is 2.32. The summed E-state index contributed by atoms with van der Waals surface area (Å²) in [6, 6.07) is 0.0476. The maximum absolute atomic E-state index is 12.3. The normalized spacial score (nSPS) is 13.9. The minimum atomic E-state index is -0.206. The van der Waals surface area contributed by atoms with Crippen molar-refractivity contribution in [2.75, 3.05) is 6.54 Å². The van der Waals surface area contributed by atoms with Gasteiger partial charge in [0.1, 0.15) is 5.69 Å². The summed E-state index contributed by atoms with van der Waals surface area (Å²) >= 11 is 0. The predicted octanol–water partition coefficient (Wildman–Crippen LogP) is 1.50. The molecule has 0 unspecified atom stereocenters. The first-order valence-electron chi connectivity index (χ1n) is 7.73. The zero-order valence-corrected chi connectivity index (χ0v) is 13.0. The van der Waals surface area contributed by atoms with Gasteiger partial charge in [-0.25, -0.2) is 4.98 Å². The van der Waals surface area contributed by atoms with Crippen LogP contribution in [0.1, 0.15) is 66.8 Å². The van der Waals surface area contributed by atoms with Gasteiger partial charge in [0.05, 0.1) is 5.69 Å². The number of aromatic nitrogens is 2. The van der Waals surface area contributed by atoms with Crippen LogP contribution in [0.5, 0.6) is 0 Å². The fourth-order valence-corrected chi connectivity index (χ4v) is 2.55. The molecule has 6 heteroatoms. The van der Waals surface area contributed by atoms with Crippen molar-refractivity contribution in [3.05, 3.63) is 17.2 Å². The van der Waals surface area contributed by atoms with Crippen molar-refractivity contribution >= 4 is 11.8 Å². The van der Waals surface area contributed by atoms with E-state index in [0.717, 1.165) is 37.9 Å². The van der Waals surface area contributed by atoms with Crippen LogP contribution < -0.4 is 10.6 Å². The number of rotatable bonds is 5. The lowest BCUT2D eigenvalue weighted by Crippen LogP contribution is -2.33. The first kappa shape index (κ1) is 15.5. The van der Waals surface area contributed by atoms with Gasteiger partial charge in [-0.2, -0.15) is 0 Å². The standard InChI is InChI=1S/C15H24N4O2/c1-4-8-16-14(20)12-11-7-5-6-9-19(11)13(18-12)15(21)17-10(2)3/h10H,4-9H2,1-3H3,(H,16,20)(H,17,21). The van der Waals surface area contributed by atoms with Crippen molar-refractivity contribution in [1.29, 1.82) is 0 Å². The van der Waals surface area contributed by atoms with Gasteiger partial charge in [-0.15, -0.1) is 0 Å². The lowest BCUT2D eigenvalue weighted by atomic mass is 10.1. The van der Waals surface area contributed by atoms with Gasteiger partial charge in [-0.1, -0.05) is 6.92 Å². The second kappa shape index (κ2) is 6.74. The summed E-state index contributed by atoms with van der Waals surface area (Å²) < 4.78 is 1.90. The Labute approximate surface area is 125 Å². The molecular formula is C15H24N4O2. The molecule has 6 nitrogen and oxygen atoms in total. The molecule has 2 amide bonds. The molecule has 0 aliphatic carbocycles. The lowest BCUT2D eigenvalue weighted by molar-refractivity contribution is 0.0927. The van der Waals surface area contributed by atoms with Gasteiger partial charge in [0, 0.05) is 19.1 Å². The van der Waals surface area contributed by atoms with Crippen molar-refractivity contribution in [1.82, 2.24) is 20.2 Å². The first-order valence-corrected chi connectivity index (χ1v) is 7.73. The zero-order valence-electron chi connectivity index (χ0n) is 13.0. The molecule has 0 radical (unpaired) electrons. The molecule has 2 rings (SSSR count). The molecule has 1 aliphatic rings. The van der Waals surface area contributed by atoms with Crippen molar-refractivity contribution in [2.24, 2.45) is 0 Å². The van der Waals surface area contributed by atoms with Crippen molar-refractivity contribution in [2.45, 2.75) is 59.0 Å². The van der Waals surface area contributed by atoms with E-state index in [1.54, 1.807) is 0 Å². The number of nitrogens with one attached hydrogen (secondary N) is 2. The largest absolute Gasteiger partial charge is 0.351 e. The van der Waals surface area contributed by atoms with Crippen LogP contribution in [-0.2, 0) is 13.0 Å². The molecule has 2 N–H and O–H groups in total. The number of nitrogens with zero attached hydrogens (tertiary/aromatic N) is 2. The van der Waals surface area contributed by atoms with E-state index in [9.17, 15) is 9.59 Å². The highest BCUT2D eigenvalue weighted by atomic mass is 16.2. The van der Waals surface area contributed by atoms with Gasteiger partial charge in [-0.05, 0) is 39.5 Å². The summed E-state index contributed by atoms with van der Waals surface area (Å²) in [5.41, 5.74) is 1.31. The number of fused-ring (bicyclic) bond motifs is 1. The molecule has 0 bridgehead atoms. The van der Waals surface area contributed by atoms with E-state index in [4.69, 9.17) is 0 Å². The number of carbonyl (C=O) groups excluding carboxylic acids is 2. The SMILES string of the molecule is CCCNC(=O)c1nc(C(=O)NC(C)C)n2c1CCCC2. The molecule has 0 spiro atoms. The van der Waals surface area contributed by atoms with Crippen LogP contribution in [0.3, 0.4) is 0 Å². The molecule has 116 valence electrons. The van der Waals surface area contributed by atoms with E-state index in [1.807, 2.05) is 25.3 Å². The van der Waals surface area contributed by atoms with E-state index >= 15 is 0 Å². The maximum atomic E-state index is 12.3. The highest BCUT2D eigenvalue weighted by molar-refractivity contribution is 5.97. The van der Waals surface area contributed by atoms with Gasteiger partial charge < -0.3 is 15.2 Å². The van der Waals surface area contributed by atoms with Gasteiger partial charge >= 0.3 is 0 Å². The Hall–Kier alpha value is -1.85. The Morgan fingerprint density at radius 3 is 2.71 bits per heavy atom. The molecule has 21 heavy (non-hydrogen) atoms. The number of hydrogen-bond donors (Lipinski definition) is 2. The van der Waals surface area contributed by atoms with Crippen LogP contribution in [0.15, 0.2) is 0 Å². The molecule has 1 aliphatic heterocycles. The third-order valence-electron chi connectivity index (χ3n) is 3.49. The van der Waals surface area contributed by atoms with Crippen molar-refractivity contribution < 1.29 is 9.59 Å². The smallest absolute Gasteiger partial charge is 0.287 e. The van der Waals surface area contributed by atoms with Crippen LogP contribution >= 0.6 is 0 Å². The second-order valence-electron chi connectivity index (χ2n) is 5.72. The van der Waals surface area contributed by atoms with E-state index in [2.05, 4.69) is 15.6 Å². The molecule has 1 aromatic rings. The van der Waals surface area contributed by atoms with E-state index in [0.29, 0.717) is 18.1 Å². The number of amides is 2. The van der Waals surface area contributed by atoms with E-state index < -0.39 is 0 Å². The van der Waals surface area contributed by atoms with Crippen LogP contribution in [0.2, 0.25) is 0 Å². The minimum absolute atomic E-state index is 0.0476. The molecule has 1 aromatic heterocycles. The molecule has 0 saturated heterocycles. The van der Waals surface area contributed by atoms with Crippen LogP contribution in [0, 0.1) is 0 Å². The lowest BCUT2D eigenvalue weighted by Gasteiger charge is -2.17. The summed E-state index contributed by atoms with van der Waals surface area (Å²) in [4.78, 5) is 28.8. The van der Waals surface area contributed by atoms with Crippen molar-refractivity contribution in [3.8, 4) is 0 Å². The number of imidazole rings is 1. The third kappa shape index (κ3) is 3.43. The monoisotopic (exact) mass is 292 g/mol. The Morgan fingerprint density at radius 2 is 2.05 bits per heavy atom. The minimum Gasteiger partial charge on any atom is -0.351 e. The molecule has 0 fully saturated rings. The fourth-order valence-electron chi connectivity index (χ4n) is 2.55. The summed E-state index contributed by atoms with van der Waals surface area (Å²) in [6.45, 7) is 7.20. The molecule has 0 aromatic carbocycles. The Morgan fingerprint density at radius 1 is 1.29 bits per heavy atom. The average Bonchev–Trinajstić information content (AvgIpc) is 2.84.